The van der Waals surface area contributed by atoms with Crippen molar-refractivity contribution in [3.63, 3.8) is 0 Å². The Morgan fingerprint density at radius 2 is 1.93 bits per heavy atom. The molecule has 1 N–H and O–H groups in total. The lowest BCUT2D eigenvalue weighted by Gasteiger charge is -2.39. The summed E-state index contributed by atoms with van der Waals surface area (Å²) >= 11 is 0. The van der Waals surface area contributed by atoms with Gasteiger partial charge in [0.25, 0.3) is 0 Å². The highest BCUT2D eigenvalue weighted by Gasteiger charge is 2.28. The molecule has 0 saturated heterocycles. The molecule has 1 atom stereocenters. The fourth-order valence-electron chi connectivity index (χ4n) is 4.62. The molecule has 0 saturated carbocycles. The smallest absolute Gasteiger partial charge is 0.123 e. The highest BCUT2D eigenvalue weighted by Crippen LogP contribution is 2.29. The Labute approximate surface area is 178 Å². The predicted octanol–water partition coefficient (Wildman–Crippen LogP) is 5.84. The average molecular weight is 409 g/mol. The summed E-state index contributed by atoms with van der Waals surface area (Å²) in [6.07, 6.45) is 7.02. The van der Waals surface area contributed by atoms with E-state index in [9.17, 15) is 8.78 Å². The molecule has 0 amide bonds. The molecular formula is C26H30F2N2. The Balaban J connectivity index is 1.50. The van der Waals surface area contributed by atoms with Crippen LogP contribution >= 0.6 is 0 Å². The van der Waals surface area contributed by atoms with Crippen LogP contribution in [0.1, 0.15) is 49.8 Å². The second-order valence-corrected chi connectivity index (χ2v) is 8.45. The fraction of sp³-hybridized carbons (Fsp3) is 0.385. The van der Waals surface area contributed by atoms with Crippen molar-refractivity contribution in [3.05, 3.63) is 88.1 Å². The summed E-state index contributed by atoms with van der Waals surface area (Å²) < 4.78 is 27.5. The minimum Gasteiger partial charge on any atom is -0.358 e. The molecule has 0 bridgehead atoms. The number of hydrogen-bond acceptors (Lipinski definition) is 2. The van der Waals surface area contributed by atoms with E-state index in [0.717, 1.165) is 62.0 Å². The summed E-state index contributed by atoms with van der Waals surface area (Å²) in [7, 11) is 0. The fourth-order valence-corrected chi connectivity index (χ4v) is 4.62. The predicted molar refractivity (Wildman–Crippen MR) is 119 cm³/mol. The highest BCUT2D eigenvalue weighted by molar-refractivity contribution is 5.65. The molecule has 0 aromatic heterocycles. The van der Waals surface area contributed by atoms with Crippen LogP contribution in [0.4, 0.5) is 8.78 Å². The minimum absolute atomic E-state index is 0.143. The van der Waals surface area contributed by atoms with Crippen molar-refractivity contribution in [2.24, 2.45) is 0 Å². The molecule has 2 aromatic carbocycles. The maximum atomic E-state index is 13.8. The van der Waals surface area contributed by atoms with Gasteiger partial charge in [-0.3, -0.25) is 4.90 Å². The van der Waals surface area contributed by atoms with Crippen LogP contribution in [-0.2, 0) is 12.8 Å². The van der Waals surface area contributed by atoms with Gasteiger partial charge in [0.15, 0.2) is 0 Å². The van der Waals surface area contributed by atoms with Crippen molar-refractivity contribution in [3.8, 4) is 0 Å². The molecule has 1 heterocycles. The molecule has 0 radical (unpaired) electrons. The van der Waals surface area contributed by atoms with Gasteiger partial charge in [-0.1, -0.05) is 36.8 Å². The first kappa shape index (κ1) is 20.8. The van der Waals surface area contributed by atoms with Crippen LogP contribution < -0.4 is 5.32 Å². The van der Waals surface area contributed by atoms with Crippen LogP contribution in [0.3, 0.4) is 0 Å². The summed E-state index contributed by atoms with van der Waals surface area (Å²) in [6, 6.07) is 12.4. The third kappa shape index (κ3) is 4.65. The van der Waals surface area contributed by atoms with E-state index in [4.69, 9.17) is 0 Å². The first-order chi connectivity index (χ1) is 14.5. The Hall–Kier alpha value is -2.46. The van der Waals surface area contributed by atoms with Gasteiger partial charge in [0.1, 0.15) is 11.6 Å². The quantitative estimate of drug-likeness (QED) is 0.668. The number of rotatable bonds is 5. The van der Waals surface area contributed by atoms with Crippen LogP contribution in [0.25, 0.3) is 5.70 Å². The van der Waals surface area contributed by atoms with Gasteiger partial charge < -0.3 is 5.32 Å². The molecular weight excluding hydrogens is 378 g/mol. The van der Waals surface area contributed by atoms with Crippen LogP contribution in [0, 0.1) is 11.6 Å². The molecule has 4 heteroatoms. The van der Waals surface area contributed by atoms with Crippen molar-refractivity contribution in [1.29, 1.82) is 0 Å². The Morgan fingerprint density at radius 1 is 1.10 bits per heavy atom. The van der Waals surface area contributed by atoms with Gasteiger partial charge >= 0.3 is 0 Å². The number of hydrogen-bond donors (Lipinski definition) is 1. The first-order valence-corrected chi connectivity index (χ1v) is 11.0. The van der Waals surface area contributed by atoms with Crippen molar-refractivity contribution in [2.75, 3.05) is 13.1 Å². The van der Waals surface area contributed by atoms with E-state index in [1.165, 1.54) is 22.9 Å². The third-order valence-electron chi connectivity index (χ3n) is 6.37. The molecule has 1 unspecified atom stereocenters. The summed E-state index contributed by atoms with van der Waals surface area (Å²) in [5.74, 6) is -0.365. The summed E-state index contributed by atoms with van der Waals surface area (Å²) in [5.41, 5.74) is 6.83. The lowest BCUT2D eigenvalue weighted by molar-refractivity contribution is 0.185. The largest absolute Gasteiger partial charge is 0.358 e. The number of nitrogens with one attached hydrogen (secondary N) is 1. The number of halogens is 2. The van der Waals surface area contributed by atoms with Gasteiger partial charge in [-0.05, 0) is 74.4 Å². The zero-order chi connectivity index (χ0) is 21.1. The normalized spacial score (nSPS) is 20.3. The van der Waals surface area contributed by atoms with E-state index in [1.807, 2.05) is 12.1 Å². The topological polar surface area (TPSA) is 15.3 Å². The third-order valence-corrected chi connectivity index (χ3v) is 6.37. The molecule has 2 aromatic rings. The van der Waals surface area contributed by atoms with E-state index in [0.29, 0.717) is 6.04 Å². The van der Waals surface area contributed by atoms with Gasteiger partial charge in [0.05, 0.1) is 0 Å². The van der Waals surface area contributed by atoms with Gasteiger partial charge in [-0.2, -0.15) is 0 Å². The number of allylic oxidation sites excluding steroid dienone is 1. The Morgan fingerprint density at radius 3 is 2.73 bits per heavy atom. The van der Waals surface area contributed by atoms with Gasteiger partial charge in [-0.25, -0.2) is 8.78 Å². The molecule has 30 heavy (non-hydrogen) atoms. The van der Waals surface area contributed by atoms with E-state index in [2.05, 4.69) is 30.1 Å². The SMILES string of the molecule is CC/C=C(/NC1=C(C)CCN(C2CCc3ccc(F)cc3C2)C1)c1cccc(F)c1. The average Bonchev–Trinajstić information content (AvgIpc) is 2.74. The first-order valence-electron chi connectivity index (χ1n) is 11.0. The van der Waals surface area contributed by atoms with Crippen LogP contribution in [0.5, 0.6) is 0 Å². The van der Waals surface area contributed by atoms with E-state index in [1.54, 1.807) is 24.3 Å². The van der Waals surface area contributed by atoms with Crippen molar-refractivity contribution in [2.45, 2.75) is 52.0 Å². The molecule has 2 aliphatic rings. The maximum Gasteiger partial charge on any atom is 0.123 e. The highest BCUT2D eigenvalue weighted by atomic mass is 19.1. The summed E-state index contributed by atoms with van der Waals surface area (Å²) in [5, 5.41) is 3.62. The molecule has 0 spiro atoms. The van der Waals surface area contributed by atoms with Crippen LogP contribution in [0.2, 0.25) is 0 Å². The Kier molecular flexibility index (Phi) is 6.33. The minimum atomic E-state index is -0.222. The van der Waals surface area contributed by atoms with Gasteiger partial charge in [-0.15, -0.1) is 0 Å². The molecule has 1 aliphatic heterocycles. The molecule has 2 nitrogen and oxygen atoms in total. The summed E-state index contributed by atoms with van der Waals surface area (Å²) in [6.45, 7) is 6.14. The van der Waals surface area contributed by atoms with E-state index in [-0.39, 0.29) is 11.6 Å². The number of aryl methyl sites for hydroxylation is 1. The number of fused-ring (bicyclic) bond motifs is 1. The van der Waals surface area contributed by atoms with Gasteiger partial charge in [0.2, 0.25) is 0 Å². The standard InChI is InChI=1S/C26H30F2N2/c1-3-5-25(20-6-4-7-22(27)14-20)29-26-17-30(13-12-18(26)2)24-11-9-19-8-10-23(28)15-21(19)16-24/h4-8,10,14-15,24,29H,3,9,11-13,16-17H2,1-2H3/b25-5+. The Bertz CT molecular complexity index is 977. The molecule has 0 fully saturated rings. The lowest BCUT2D eigenvalue weighted by atomic mass is 9.86. The van der Waals surface area contributed by atoms with Crippen molar-refractivity contribution in [1.82, 2.24) is 10.2 Å². The summed E-state index contributed by atoms with van der Waals surface area (Å²) in [4.78, 5) is 2.53. The van der Waals surface area contributed by atoms with E-state index < -0.39 is 0 Å². The zero-order valence-electron chi connectivity index (χ0n) is 17.8. The second-order valence-electron chi connectivity index (χ2n) is 8.45. The van der Waals surface area contributed by atoms with Crippen LogP contribution in [0.15, 0.2) is 59.8 Å². The lowest BCUT2D eigenvalue weighted by Crippen LogP contribution is -2.45. The molecule has 4 rings (SSSR count). The molecule has 158 valence electrons. The monoisotopic (exact) mass is 408 g/mol. The van der Waals surface area contributed by atoms with Crippen molar-refractivity contribution < 1.29 is 8.78 Å². The van der Waals surface area contributed by atoms with E-state index >= 15 is 0 Å². The number of nitrogens with zero attached hydrogens (tertiary/aromatic N) is 1. The second kappa shape index (κ2) is 9.13. The number of benzene rings is 2. The molecule has 1 aliphatic carbocycles. The van der Waals surface area contributed by atoms with Crippen molar-refractivity contribution >= 4 is 5.70 Å². The zero-order valence-corrected chi connectivity index (χ0v) is 17.8. The van der Waals surface area contributed by atoms with Crippen LogP contribution in [-0.4, -0.2) is 24.0 Å². The maximum absolute atomic E-state index is 13.8. The van der Waals surface area contributed by atoms with Gasteiger partial charge in [0, 0.05) is 36.1 Å².